The van der Waals surface area contributed by atoms with Gasteiger partial charge in [0.1, 0.15) is 5.75 Å². The highest BCUT2D eigenvalue weighted by Crippen LogP contribution is 2.39. The Labute approximate surface area is 123 Å². The summed E-state index contributed by atoms with van der Waals surface area (Å²) in [5, 5.41) is 23.4. The number of ether oxygens (including phenoxy) is 1. The number of amides is 2. The molecule has 1 fully saturated rings. The first kappa shape index (κ1) is 16.4. The van der Waals surface area contributed by atoms with E-state index in [9.17, 15) is 28.2 Å². The lowest BCUT2D eigenvalue weighted by Crippen LogP contribution is -2.71. The predicted octanol–water partition coefficient (Wildman–Crippen LogP) is 1.18. The summed E-state index contributed by atoms with van der Waals surface area (Å²) < 4.78 is 43.9. The van der Waals surface area contributed by atoms with Gasteiger partial charge in [0.15, 0.2) is 5.72 Å². The summed E-state index contributed by atoms with van der Waals surface area (Å²) in [5.41, 5.74) is -5.89. The van der Waals surface area contributed by atoms with E-state index >= 15 is 0 Å². The highest BCUT2D eigenvalue weighted by atomic mass is 19.4. The first-order valence-electron chi connectivity index (χ1n) is 6.45. The van der Waals surface area contributed by atoms with Gasteiger partial charge in [-0.2, -0.15) is 13.2 Å². The summed E-state index contributed by atoms with van der Waals surface area (Å²) in [6.07, 6.45) is -6.33. The molecule has 0 radical (unpaired) electrons. The minimum absolute atomic E-state index is 0.00604. The van der Waals surface area contributed by atoms with Crippen LogP contribution in [-0.4, -0.2) is 34.8 Å². The standard InChI is InChI=1S/C13H15F3N2O4/c1-2-22-9-5-3-8(4-6-9)11(20)7-12(21,13(14,15)16)18-10(19)17-11/h3-6,20-21H,2,7H2,1H3,(H2,17,18,19)/t11-,12-/m0/s1. The number of nitrogens with one attached hydrogen (secondary N) is 2. The molecule has 1 heterocycles. The van der Waals surface area contributed by atoms with E-state index in [1.165, 1.54) is 29.6 Å². The van der Waals surface area contributed by atoms with E-state index in [0.29, 0.717) is 12.4 Å². The van der Waals surface area contributed by atoms with E-state index in [-0.39, 0.29) is 5.56 Å². The number of alkyl halides is 3. The molecule has 2 atom stereocenters. The Balaban J connectivity index is 2.33. The van der Waals surface area contributed by atoms with Crippen LogP contribution < -0.4 is 15.4 Å². The molecule has 0 aliphatic carbocycles. The van der Waals surface area contributed by atoms with Crippen LogP contribution in [0.3, 0.4) is 0 Å². The summed E-state index contributed by atoms with van der Waals surface area (Å²) in [6.45, 7) is 2.16. The summed E-state index contributed by atoms with van der Waals surface area (Å²) >= 11 is 0. The zero-order valence-electron chi connectivity index (χ0n) is 11.6. The Morgan fingerprint density at radius 2 is 1.82 bits per heavy atom. The number of rotatable bonds is 3. The Hall–Kier alpha value is -2.00. The van der Waals surface area contributed by atoms with Crippen LogP contribution in [0.5, 0.6) is 5.75 Å². The number of carbonyl (C=O) groups is 1. The number of hydrogen-bond acceptors (Lipinski definition) is 4. The van der Waals surface area contributed by atoms with E-state index in [0.717, 1.165) is 0 Å². The van der Waals surface area contributed by atoms with Gasteiger partial charge in [0.05, 0.1) is 13.0 Å². The van der Waals surface area contributed by atoms with Gasteiger partial charge in [0.25, 0.3) is 0 Å². The van der Waals surface area contributed by atoms with Gasteiger partial charge in [-0.05, 0) is 19.1 Å². The minimum atomic E-state index is -5.13. The maximum Gasteiger partial charge on any atom is 0.436 e. The molecule has 1 aliphatic rings. The molecule has 122 valence electrons. The molecule has 22 heavy (non-hydrogen) atoms. The van der Waals surface area contributed by atoms with Crippen LogP contribution >= 0.6 is 0 Å². The Morgan fingerprint density at radius 1 is 1.23 bits per heavy atom. The van der Waals surface area contributed by atoms with Crippen molar-refractivity contribution in [2.24, 2.45) is 0 Å². The van der Waals surface area contributed by atoms with Crippen molar-refractivity contribution in [1.82, 2.24) is 10.6 Å². The average Bonchev–Trinajstić information content (AvgIpc) is 2.37. The molecule has 1 aliphatic heterocycles. The Bertz CT molecular complexity index is 563. The lowest BCUT2D eigenvalue weighted by atomic mass is 9.90. The molecule has 9 heteroatoms. The molecule has 6 nitrogen and oxygen atoms in total. The van der Waals surface area contributed by atoms with E-state index in [4.69, 9.17) is 4.74 Å². The summed E-state index contributed by atoms with van der Waals surface area (Å²) in [4.78, 5) is 11.4. The molecule has 1 aromatic carbocycles. The van der Waals surface area contributed by atoms with E-state index in [1.807, 2.05) is 5.32 Å². The number of urea groups is 1. The van der Waals surface area contributed by atoms with Crippen LogP contribution in [0.25, 0.3) is 0 Å². The SMILES string of the molecule is CCOc1ccc([C@@]2(O)C[C@](O)(C(F)(F)F)NC(=O)N2)cc1. The number of hydrogen-bond donors (Lipinski definition) is 4. The molecule has 4 N–H and O–H groups in total. The predicted molar refractivity (Wildman–Crippen MR) is 68.8 cm³/mol. The third-order valence-corrected chi connectivity index (χ3v) is 3.26. The number of benzene rings is 1. The molecule has 2 amide bonds. The van der Waals surface area contributed by atoms with Crippen molar-refractivity contribution in [3.8, 4) is 5.75 Å². The van der Waals surface area contributed by atoms with Crippen molar-refractivity contribution in [3.63, 3.8) is 0 Å². The van der Waals surface area contributed by atoms with Gasteiger partial charge in [-0.15, -0.1) is 0 Å². The second-order valence-corrected chi connectivity index (χ2v) is 4.93. The number of carbonyl (C=O) groups excluding carboxylic acids is 1. The maximum atomic E-state index is 12.9. The fraction of sp³-hybridized carbons (Fsp3) is 0.462. The minimum Gasteiger partial charge on any atom is -0.494 e. The van der Waals surface area contributed by atoms with Crippen LogP contribution in [-0.2, 0) is 5.72 Å². The van der Waals surface area contributed by atoms with Gasteiger partial charge >= 0.3 is 12.2 Å². The topological polar surface area (TPSA) is 90.8 Å². The van der Waals surface area contributed by atoms with Crippen molar-refractivity contribution in [2.75, 3.05) is 6.61 Å². The van der Waals surface area contributed by atoms with Crippen molar-refractivity contribution in [1.29, 1.82) is 0 Å². The summed E-state index contributed by atoms with van der Waals surface area (Å²) in [7, 11) is 0. The normalized spacial score (nSPS) is 28.7. The van der Waals surface area contributed by atoms with Gasteiger partial charge in [0, 0.05) is 5.56 Å². The van der Waals surface area contributed by atoms with Gasteiger partial charge in [-0.1, -0.05) is 12.1 Å². The molecular weight excluding hydrogens is 305 g/mol. The highest BCUT2D eigenvalue weighted by Gasteiger charge is 2.61. The molecule has 1 saturated heterocycles. The smallest absolute Gasteiger partial charge is 0.436 e. The first-order valence-corrected chi connectivity index (χ1v) is 6.45. The fourth-order valence-corrected chi connectivity index (χ4v) is 2.20. The quantitative estimate of drug-likeness (QED) is 0.673. The second kappa shape index (κ2) is 5.33. The fourth-order valence-electron chi connectivity index (χ4n) is 2.20. The summed E-state index contributed by atoms with van der Waals surface area (Å²) in [5.74, 6) is 0.459. The zero-order chi connectivity index (χ0) is 16.6. The number of halogens is 3. The van der Waals surface area contributed by atoms with Crippen molar-refractivity contribution in [3.05, 3.63) is 29.8 Å². The van der Waals surface area contributed by atoms with Gasteiger partial charge in [-0.25, -0.2) is 4.79 Å². The van der Waals surface area contributed by atoms with Crippen molar-refractivity contribution >= 4 is 6.03 Å². The van der Waals surface area contributed by atoms with E-state index in [2.05, 4.69) is 0 Å². The van der Waals surface area contributed by atoms with Gasteiger partial charge in [-0.3, -0.25) is 0 Å². The average molecular weight is 320 g/mol. The third-order valence-electron chi connectivity index (χ3n) is 3.26. The van der Waals surface area contributed by atoms with Crippen LogP contribution in [0, 0.1) is 0 Å². The van der Waals surface area contributed by atoms with Gasteiger partial charge in [0.2, 0.25) is 5.72 Å². The molecule has 0 bridgehead atoms. The Kier molecular flexibility index (Phi) is 3.96. The van der Waals surface area contributed by atoms with Crippen LogP contribution in [0.4, 0.5) is 18.0 Å². The second-order valence-electron chi connectivity index (χ2n) is 4.93. The third kappa shape index (κ3) is 2.95. The lowest BCUT2D eigenvalue weighted by Gasteiger charge is -2.43. The van der Waals surface area contributed by atoms with Crippen LogP contribution in [0.15, 0.2) is 24.3 Å². The highest BCUT2D eigenvalue weighted by molar-refractivity contribution is 5.77. The molecule has 0 spiro atoms. The maximum absolute atomic E-state index is 12.9. The molecule has 0 aromatic heterocycles. The zero-order valence-corrected chi connectivity index (χ0v) is 11.6. The summed E-state index contributed by atoms with van der Waals surface area (Å²) in [6, 6.07) is 4.18. The molecule has 0 saturated carbocycles. The first-order chi connectivity index (χ1) is 10.1. The van der Waals surface area contributed by atoms with Crippen LogP contribution in [0.2, 0.25) is 0 Å². The molecule has 0 unspecified atom stereocenters. The van der Waals surface area contributed by atoms with E-state index in [1.54, 1.807) is 6.92 Å². The molecular formula is C13H15F3N2O4. The number of aliphatic hydroxyl groups is 2. The monoisotopic (exact) mass is 320 g/mol. The van der Waals surface area contributed by atoms with Crippen LogP contribution in [0.1, 0.15) is 18.9 Å². The largest absolute Gasteiger partial charge is 0.494 e. The van der Waals surface area contributed by atoms with E-state index < -0.39 is 30.1 Å². The molecule has 2 rings (SSSR count). The Morgan fingerprint density at radius 3 is 2.32 bits per heavy atom. The van der Waals surface area contributed by atoms with Crippen molar-refractivity contribution in [2.45, 2.75) is 31.0 Å². The van der Waals surface area contributed by atoms with Crippen molar-refractivity contribution < 1.29 is 32.9 Å². The van der Waals surface area contributed by atoms with Gasteiger partial charge < -0.3 is 25.6 Å². The molecule has 1 aromatic rings. The lowest BCUT2D eigenvalue weighted by molar-refractivity contribution is -0.291.